The zero-order valence-electron chi connectivity index (χ0n) is 26.7. The molecule has 228 valence electrons. The van der Waals surface area contributed by atoms with Crippen LogP contribution >= 0.6 is 0 Å². The highest BCUT2D eigenvalue weighted by molar-refractivity contribution is 6.26. The molecule has 0 saturated heterocycles. The predicted octanol–water partition coefficient (Wildman–Crippen LogP) is 13.7. The van der Waals surface area contributed by atoms with Gasteiger partial charge in [0, 0.05) is 10.8 Å². The molecule has 0 bridgehead atoms. The van der Waals surface area contributed by atoms with Crippen LogP contribution in [0.25, 0.3) is 98.8 Å². The predicted molar refractivity (Wildman–Crippen MR) is 208 cm³/mol. The van der Waals surface area contributed by atoms with E-state index in [0.29, 0.717) is 0 Å². The van der Waals surface area contributed by atoms with Gasteiger partial charge in [0.25, 0.3) is 0 Å². The van der Waals surface area contributed by atoms with Gasteiger partial charge in [0.1, 0.15) is 11.2 Å². The summed E-state index contributed by atoms with van der Waals surface area (Å²) in [5, 5.41) is 9.69. The Morgan fingerprint density at radius 1 is 0.265 bits per heavy atom. The van der Waals surface area contributed by atoms with Crippen LogP contribution < -0.4 is 0 Å². The monoisotopic (exact) mass is 622 g/mol. The van der Waals surface area contributed by atoms with Gasteiger partial charge >= 0.3 is 0 Å². The van der Waals surface area contributed by atoms with Crippen LogP contribution in [0.15, 0.2) is 186 Å². The summed E-state index contributed by atoms with van der Waals surface area (Å²) in [7, 11) is 0. The van der Waals surface area contributed by atoms with E-state index in [1.165, 1.54) is 76.8 Å². The second-order valence-electron chi connectivity index (χ2n) is 12.8. The van der Waals surface area contributed by atoms with Gasteiger partial charge in [0.2, 0.25) is 0 Å². The molecule has 10 rings (SSSR count). The Bertz CT molecular complexity index is 2800. The highest BCUT2D eigenvalue weighted by Gasteiger charge is 2.24. The van der Waals surface area contributed by atoms with Crippen molar-refractivity contribution in [2.75, 3.05) is 0 Å². The third-order valence-corrected chi connectivity index (χ3v) is 10.0. The minimum Gasteiger partial charge on any atom is -0.456 e. The van der Waals surface area contributed by atoms with Crippen LogP contribution in [0.2, 0.25) is 0 Å². The van der Waals surface area contributed by atoms with Gasteiger partial charge in [-0.15, -0.1) is 0 Å². The van der Waals surface area contributed by atoms with Crippen LogP contribution in [0.3, 0.4) is 0 Å². The van der Waals surface area contributed by atoms with Gasteiger partial charge in [-0.1, -0.05) is 158 Å². The fraction of sp³-hybridized carbons (Fsp3) is 0. The molecule has 0 spiro atoms. The molecule has 0 fully saturated rings. The number of benzene rings is 9. The van der Waals surface area contributed by atoms with Crippen molar-refractivity contribution in [3.8, 4) is 44.5 Å². The van der Waals surface area contributed by atoms with E-state index in [2.05, 4.69) is 170 Å². The lowest BCUT2D eigenvalue weighted by atomic mass is 9.79. The molecule has 0 saturated carbocycles. The molecule has 0 aliphatic rings. The third-order valence-electron chi connectivity index (χ3n) is 10.0. The Balaban J connectivity index is 1.39. The number of hydrogen-bond donors (Lipinski definition) is 0. The molecule has 49 heavy (non-hydrogen) atoms. The van der Waals surface area contributed by atoms with Crippen LogP contribution in [0.5, 0.6) is 0 Å². The first-order valence-corrected chi connectivity index (χ1v) is 16.9. The Morgan fingerprint density at radius 3 is 1.45 bits per heavy atom. The van der Waals surface area contributed by atoms with Crippen molar-refractivity contribution in [3.05, 3.63) is 182 Å². The highest BCUT2D eigenvalue weighted by Crippen LogP contribution is 2.51. The molecular weight excluding hydrogens is 593 g/mol. The van der Waals surface area contributed by atoms with Crippen LogP contribution in [-0.2, 0) is 0 Å². The summed E-state index contributed by atoms with van der Waals surface area (Å²) in [6.07, 6.45) is 0. The lowest BCUT2D eigenvalue weighted by molar-refractivity contribution is 0.669. The molecule has 1 aromatic heterocycles. The molecule has 0 N–H and O–H groups in total. The average molecular weight is 623 g/mol. The highest BCUT2D eigenvalue weighted by atomic mass is 16.3. The maximum Gasteiger partial charge on any atom is 0.135 e. The molecule has 1 heteroatoms. The molecule has 1 heterocycles. The van der Waals surface area contributed by atoms with Crippen molar-refractivity contribution in [3.63, 3.8) is 0 Å². The topological polar surface area (TPSA) is 13.1 Å². The van der Waals surface area contributed by atoms with Crippen molar-refractivity contribution in [2.24, 2.45) is 0 Å². The molecule has 0 unspecified atom stereocenters. The van der Waals surface area contributed by atoms with Crippen LogP contribution in [0.1, 0.15) is 0 Å². The first kappa shape index (κ1) is 27.7. The first-order valence-electron chi connectivity index (χ1n) is 16.9. The normalized spacial score (nSPS) is 11.7. The second kappa shape index (κ2) is 11.1. The summed E-state index contributed by atoms with van der Waals surface area (Å²) in [4.78, 5) is 0. The molecule has 0 atom stereocenters. The first-order chi connectivity index (χ1) is 24.3. The van der Waals surface area contributed by atoms with Crippen molar-refractivity contribution in [1.82, 2.24) is 0 Å². The van der Waals surface area contributed by atoms with Gasteiger partial charge in [-0.05, 0) is 101 Å². The fourth-order valence-corrected chi connectivity index (χ4v) is 7.95. The van der Waals surface area contributed by atoms with E-state index in [4.69, 9.17) is 4.42 Å². The Morgan fingerprint density at radius 2 is 0.776 bits per heavy atom. The van der Waals surface area contributed by atoms with E-state index in [1.807, 2.05) is 12.1 Å². The largest absolute Gasteiger partial charge is 0.456 e. The van der Waals surface area contributed by atoms with Gasteiger partial charge in [-0.3, -0.25) is 0 Å². The van der Waals surface area contributed by atoms with Crippen molar-refractivity contribution in [2.45, 2.75) is 0 Å². The molecule has 1 nitrogen and oxygen atoms in total. The minimum atomic E-state index is 0.909. The molecule has 0 amide bonds. The molecular formula is C48H30O. The Hall–Kier alpha value is -6.44. The summed E-state index contributed by atoms with van der Waals surface area (Å²) >= 11 is 0. The van der Waals surface area contributed by atoms with E-state index in [0.717, 1.165) is 21.9 Å². The second-order valence-corrected chi connectivity index (χ2v) is 12.8. The maximum absolute atomic E-state index is 6.24. The van der Waals surface area contributed by atoms with Gasteiger partial charge in [0.15, 0.2) is 0 Å². The smallest absolute Gasteiger partial charge is 0.135 e. The van der Waals surface area contributed by atoms with E-state index in [9.17, 15) is 0 Å². The minimum absolute atomic E-state index is 0.909. The average Bonchev–Trinajstić information content (AvgIpc) is 3.55. The van der Waals surface area contributed by atoms with Crippen molar-refractivity contribution >= 4 is 54.3 Å². The van der Waals surface area contributed by atoms with E-state index >= 15 is 0 Å². The zero-order valence-corrected chi connectivity index (χ0v) is 26.7. The zero-order chi connectivity index (χ0) is 32.3. The molecule has 9 aromatic carbocycles. The maximum atomic E-state index is 6.24. The van der Waals surface area contributed by atoms with Gasteiger partial charge < -0.3 is 4.42 Å². The van der Waals surface area contributed by atoms with Crippen molar-refractivity contribution < 1.29 is 4.42 Å². The van der Waals surface area contributed by atoms with Gasteiger partial charge in [-0.25, -0.2) is 0 Å². The van der Waals surface area contributed by atoms with E-state index in [1.54, 1.807) is 0 Å². The van der Waals surface area contributed by atoms with Crippen molar-refractivity contribution in [1.29, 1.82) is 0 Å². The van der Waals surface area contributed by atoms with Crippen LogP contribution in [0.4, 0.5) is 0 Å². The van der Waals surface area contributed by atoms with Crippen LogP contribution in [-0.4, -0.2) is 0 Å². The fourth-order valence-electron chi connectivity index (χ4n) is 7.95. The van der Waals surface area contributed by atoms with E-state index < -0.39 is 0 Å². The molecule has 0 aliphatic carbocycles. The number of fused-ring (bicyclic) bond motifs is 6. The third kappa shape index (κ3) is 4.33. The number of rotatable bonds is 4. The van der Waals surface area contributed by atoms with Gasteiger partial charge in [0.05, 0.1) is 0 Å². The van der Waals surface area contributed by atoms with Crippen LogP contribution in [0, 0.1) is 0 Å². The molecule has 10 aromatic rings. The Labute approximate surface area is 284 Å². The summed E-state index contributed by atoms with van der Waals surface area (Å²) in [6.45, 7) is 0. The summed E-state index contributed by atoms with van der Waals surface area (Å²) < 4.78 is 6.24. The number of hydrogen-bond acceptors (Lipinski definition) is 1. The van der Waals surface area contributed by atoms with E-state index in [-0.39, 0.29) is 0 Å². The quantitative estimate of drug-likeness (QED) is 0.178. The summed E-state index contributed by atoms with van der Waals surface area (Å²) in [5.74, 6) is 0. The lowest BCUT2D eigenvalue weighted by Gasteiger charge is -2.24. The Kier molecular flexibility index (Phi) is 6.25. The summed E-state index contributed by atoms with van der Waals surface area (Å²) in [5.41, 5.74) is 11.7. The number of para-hydroxylation sites is 1. The molecule has 0 aliphatic heterocycles. The standard InChI is InChI=1S/C48H30O/c1-3-15-31(16-4-1)41-29-33-19-7-8-20-35(33)46(32-17-5-2-6-18-32)48(41)47-39-24-11-9-22-37(39)45(38-23-10-12-25-40(38)47)34-27-28-44-42(30-34)36-21-13-14-26-43(36)49-44/h1-30H. The lowest BCUT2D eigenvalue weighted by Crippen LogP contribution is -1.96. The van der Waals surface area contributed by atoms with Gasteiger partial charge in [-0.2, -0.15) is 0 Å². The number of furan rings is 1. The summed E-state index contributed by atoms with van der Waals surface area (Å²) in [6, 6.07) is 65.9. The molecule has 0 radical (unpaired) electrons. The SMILES string of the molecule is c1ccc(-c2cc3ccccc3c(-c3ccccc3)c2-c2c3ccccc3c(-c3ccc4oc5ccccc5c4c3)c3ccccc23)cc1.